The maximum Gasteiger partial charge on any atom is 0.123 e. The van der Waals surface area contributed by atoms with E-state index in [1.165, 1.54) is 5.56 Å². The Labute approximate surface area is 77.0 Å². The normalized spacial score (nSPS) is 13.5. The van der Waals surface area contributed by atoms with Gasteiger partial charge in [-0.1, -0.05) is 6.07 Å². The summed E-state index contributed by atoms with van der Waals surface area (Å²) in [6.45, 7) is 3.98. The Morgan fingerprint density at radius 1 is 1.46 bits per heavy atom. The Balaban J connectivity index is 2.62. The molecule has 0 saturated carbocycles. The third-order valence-electron chi connectivity index (χ3n) is 2.09. The van der Waals surface area contributed by atoms with E-state index in [0.717, 1.165) is 16.9 Å². The van der Waals surface area contributed by atoms with Crippen LogP contribution in [-0.2, 0) is 0 Å². The van der Waals surface area contributed by atoms with Crippen LogP contribution < -0.4 is 5.73 Å². The topological polar surface area (TPSA) is 54.7 Å². The molecule has 0 saturated heterocycles. The summed E-state index contributed by atoms with van der Waals surface area (Å²) in [6.07, 6.45) is 0. The smallest absolute Gasteiger partial charge is 0.123 e. The van der Waals surface area contributed by atoms with E-state index in [4.69, 9.17) is 5.73 Å². The second-order valence-corrected chi connectivity index (χ2v) is 3.43. The molecule has 3 N–H and O–H groups in total. The summed E-state index contributed by atoms with van der Waals surface area (Å²) in [5.41, 5.74) is 9.00. The Hall–Kier alpha value is -1.35. The number of aryl methyl sites for hydroxylation is 1. The van der Waals surface area contributed by atoms with E-state index >= 15 is 0 Å². The van der Waals surface area contributed by atoms with Crippen LogP contribution >= 0.6 is 0 Å². The van der Waals surface area contributed by atoms with Gasteiger partial charge in [0.25, 0.3) is 0 Å². The van der Waals surface area contributed by atoms with Crippen molar-refractivity contribution in [1.29, 1.82) is 0 Å². The van der Waals surface area contributed by atoms with E-state index in [0.29, 0.717) is 0 Å². The minimum absolute atomic E-state index is 0.0345. The zero-order chi connectivity index (χ0) is 9.42. The first-order valence-corrected chi connectivity index (χ1v) is 4.38. The first-order valence-electron chi connectivity index (χ1n) is 4.38. The predicted octanol–water partition coefficient (Wildman–Crippen LogP) is 1.89. The highest BCUT2D eigenvalue weighted by Crippen LogP contribution is 2.15. The van der Waals surface area contributed by atoms with Gasteiger partial charge in [0.2, 0.25) is 0 Å². The minimum atomic E-state index is -0.0345. The number of hydrogen-bond acceptors (Lipinski definition) is 2. The van der Waals surface area contributed by atoms with Crippen molar-refractivity contribution in [3.05, 3.63) is 29.6 Å². The van der Waals surface area contributed by atoms with Gasteiger partial charge in [-0.25, -0.2) is 4.98 Å². The SMILES string of the molecule is Cc1ccc2nc([C@@H](C)N)[nH]c2c1. The van der Waals surface area contributed by atoms with Crippen molar-refractivity contribution < 1.29 is 0 Å². The molecule has 0 spiro atoms. The van der Waals surface area contributed by atoms with Crippen LogP contribution in [0.4, 0.5) is 0 Å². The van der Waals surface area contributed by atoms with Gasteiger partial charge in [-0.15, -0.1) is 0 Å². The summed E-state index contributed by atoms with van der Waals surface area (Å²) in [4.78, 5) is 7.57. The zero-order valence-corrected chi connectivity index (χ0v) is 7.83. The monoisotopic (exact) mass is 175 g/mol. The Kier molecular flexibility index (Phi) is 1.81. The van der Waals surface area contributed by atoms with Crippen LogP contribution in [0.3, 0.4) is 0 Å². The van der Waals surface area contributed by atoms with Gasteiger partial charge in [0.1, 0.15) is 5.82 Å². The van der Waals surface area contributed by atoms with E-state index < -0.39 is 0 Å². The predicted molar refractivity (Wildman–Crippen MR) is 53.4 cm³/mol. The molecule has 3 nitrogen and oxygen atoms in total. The fourth-order valence-corrected chi connectivity index (χ4v) is 1.36. The van der Waals surface area contributed by atoms with Gasteiger partial charge in [-0.3, -0.25) is 0 Å². The lowest BCUT2D eigenvalue weighted by atomic mass is 10.2. The first kappa shape index (κ1) is 8.26. The molecule has 13 heavy (non-hydrogen) atoms. The summed E-state index contributed by atoms with van der Waals surface area (Å²) in [7, 11) is 0. The van der Waals surface area contributed by atoms with Crippen LogP contribution in [0, 0.1) is 6.92 Å². The number of nitrogens with one attached hydrogen (secondary N) is 1. The molecule has 2 rings (SSSR count). The van der Waals surface area contributed by atoms with Crippen molar-refractivity contribution in [2.45, 2.75) is 19.9 Å². The van der Waals surface area contributed by atoms with Crippen LogP contribution in [0.25, 0.3) is 11.0 Å². The summed E-state index contributed by atoms with van der Waals surface area (Å²) >= 11 is 0. The molecule has 1 aromatic carbocycles. The largest absolute Gasteiger partial charge is 0.341 e. The standard InChI is InChI=1S/C10H13N3/c1-6-3-4-8-9(5-6)13-10(12-8)7(2)11/h3-5,7H,11H2,1-2H3,(H,12,13)/t7-/m1/s1. The molecule has 1 atom stereocenters. The van der Waals surface area contributed by atoms with E-state index in [9.17, 15) is 0 Å². The van der Waals surface area contributed by atoms with Gasteiger partial charge in [0, 0.05) is 0 Å². The molecular weight excluding hydrogens is 162 g/mol. The third kappa shape index (κ3) is 1.42. The van der Waals surface area contributed by atoms with E-state index in [1.807, 2.05) is 19.1 Å². The molecule has 0 aliphatic carbocycles. The van der Waals surface area contributed by atoms with Gasteiger partial charge in [0.15, 0.2) is 0 Å². The van der Waals surface area contributed by atoms with Crippen molar-refractivity contribution in [3.8, 4) is 0 Å². The third-order valence-corrected chi connectivity index (χ3v) is 2.09. The van der Waals surface area contributed by atoms with Crippen LogP contribution in [0.15, 0.2) is 18.2 Å². The van der Waals surface area contributed by atoms with Crippen LogP contribution in [0.1, 0.15) is 24.4 Å². The molecule has 0 radical (unpaired) electrons. The minimum Gasteiger partial charge on any atom is -0.341 e. The van der Waals surface area contributed by atoms with Crippen LogP contribution in [-0.4, -0.2) is 9.97 Å². The lowest BCUT2D eigenvalue weighted by Gasteiger charge is -1.96. The maximum absolute atomic E-state index is 5.72. The van der Waals surface area contributed by atoms with Gasteiger partial charge < -0.3 is 10.7 Å². The van der Waals surface area contributed by atoms with E-state index in [2.05, 4.69) is 23.0 Å². The summed E-state index contributed by atoms with van der Waals surface area (Å²) in [5.74, 6) is 0.848. The summed E-state index contributed by atoms with van der Waals surface area (Å²) < 4.78 is 0. The average Bonchev–Trinajstić information content (AvgIpc) is 2.46. The highest BCUT2D eigenvalue weighted by molar-refractivity contribution is 5.75. The number of nitrogens with two attached hydrogens (primary N) is 1. The summed E-state index contributed by atoms with van der Waals surface area (Å²) in [6, 6.07) is 6.10. The molecule has 0 fully saturated rings. The van der Waals surface area contributed by atoms with Crippen LogP contribution in [0.5, 0.6) is 0 Å². The molecular formula is C10H13N3. The maximum atomic E-state index is 5.72. The number of fused-ring (bicyclic) bond motifs is 1. The van der Waals surface area contributed by atoms with Crippen molar-refractivity contribution in [3.63, 3.8) is 0 Å². The number of nitrogens with zero attached hydrogens (tertiary/aromatic N) is 1. The number of benzene rings is 1. The first-order chi connectivity index (χ1) is 6.16. The highest BCUT2D eigenvalue weighted by atomic mass is 15.0. The second kappa shape index (κ2) is 2.85. The van der Waals surface area contributed by atoms with Crippen molar-refractivity contribution in [2.75, 3.05) is 0 Å². The molecule has 0 bridgehead atoms. The molecule has 1 heterocycles. The number of imidazole rings is 1. The number of H-pyrrole nitrogens is 1. The lowest BCUT2D eigenvalue weighted by molar-refractivity contribution is 0.760. The molecule has 0 aliphatic heterocycles. The van der Waals surface area contributed by atoms with Crippen molar-refractivity contribution in [2.24, 2.45) is 5.73 Å². The Bertz CT molecular complexity index is 429. The fraction of sp³-hybridized carbons (Fsp3) is 0.300. The quantitative estimate of drug-likeness (QED) is 0.695. The van der Waals surface area contributed by atoms with Gasteiger partial charge >= 0.3 is 0 Å². The number of aromatic amines is 1. The highest BCUT2D eigenvalue weighted by Gasteiger charge is 2.05. The Morgan fingerprint density at radius 3 is 2.92 bits per heavy atom. The lowest BCUT2D eigenvalue weighted by Crippen LogP contribution is -2.06. The number of hydrogen-bond donors (Lipinski definition) is 2. The molecule has 3 heteroatoms. The molecule has 0 amide bonds. The van der Waals surface area contributed by atoms with Gasteiger partial charge in [-0.2, -0.15) is 0 Å². The van der Waals surface area contributed by atoms with Crippen molar-refractivity contribution in [1.82, 2.24) is 9.97 Å². The van der Waals surface area contributed by atoms with Crippen molar-refractivity contribution >= 4 is 11.0 Å². The van der Waals surface area contributed by atoms with Crippen LogP contribution in [0.2, 0.25) is 0 Å². The fourth-order valence-electron chi connectivity index (χ4n) is 1.36. The molecule has 0 aliphatic rings. The molecule has 68 valence electrons. The zero-order valence-electron chi connectivity index (χ0n) is 7.83. The Morgan fingerprint density at radius 2 is 2.23 bits per heavy atom. The number of rotatable bonds is 1. The summed E-state index contributed by atoms with van der Waals surface area (Å²) in [5, 5.41) is 0. The molecule has 1 aromatic heterocycles. The number of aromatic nitrogens is 2. The average molecular weight is 175 g/mol. The molecule has 2 aromatic rings. The second-order valence-electron chi connectivity index (χ2n) is 3.43. The molecule has 0 unspecified atom stereocenters. The van der Waals surface area contributed by atoms with E-state index in [1.54, 1.807) is 0 Å². The van der Waals surface area contributed by atoms with Gasteiger partial charge in [-0.05, 0) is 31.5 Å². The van der Waals surface area contributed by atoms with E-state index in [-0.39, 0.29) is 6.04 Å². The van der Waals surface area contributed by atoms with Gasteiger partial charge in [0.05, 0.1) is 17.1 Å².